The second kappa shape index (κ2) is 3.87. The highest BCUT2D eigenvalue weighted by Gasteiger charge is 2.09. The summed E-state index contributed by atoms with van der Waals surface area (Å²) >= 11 is 1.37. The molecule has 2 N–H and O–H groups in total. The summed E-state index contributed by atoms with van der Waals surface area (Å²) in [5, 5.41) is 9.77. The fourth-order valence-corrected chi connectivity index (χ4v) is 1.82. The van der Waals surface area contributed by atoms with Crippen LogP contribution < -0.4 is 5.56 Å². The molecular formula is C9H13NO2S. The molecule has 1 heterocycles. The minimum Gasteiger partial charge on any atom is -0.507 e. The summed E-state index contributed by atoms with van der Waals surface area (Å²) in [5.41, 5.74) is 0.465. The van der Waals surface area contributed by atoms with Crippen molar-refractivity contribution in [3.05, 3.63) is 22.1 Å². The molecule has 0 fully saturated rings. The van der Waals surface area contributed by atoms with E-state index in [1.54, 1.807) is 13.0 Å². The molecule has 0 unspecified atom stereocenters. The van der Waals surface area contributed by atoms with Crippen molar-refractivity contribution >= 4 is 11.8 Å². The minimum atomic E-state index is -0.212. The lowest BCUT2D eigenvalue weighted by molar-refractivity contribution is 0.458. The standard InChI is InChI=1S/C9H13NO2S/c1-5(2)13-8-7(11)4-6(3)10-9(8)12/h4-5H,1-3H3,(H2,10,11,12). The zero-order chi connectivity index (χ0) is 10.0. The third kappa shape index (κ3) is 2.52. The van der Waals surface area contributed by atoms with Crippen molar-refractivity contribution in [2.75, 3.05) is 0 Å². The maximum Gasteiger partial charge on any atom is 0.265 e. The normalized spacial score (nSPS) is 10.8. The lowest BCUT2D eigenvalue weighted by Crippen LogP contribution is -2.10. The molecule has 0 saturated heterocycles. The van der Waals surface area contributed by atoms with E-state index in [2.05, 4.69) is 4.98 Å². The van der Waals surface area contributed by atoms with E-state index >= 15 is 0 Å². The third-order valence-corrected chi connectivity index (χ3v) is 2.56. The molecular weight excluding hydrogens is 186 g/mol. The fourth-order valence-electron chi connectivity index (χ4n) is 1.01. The zero-order valence-electron chi connectivity index (χ0n) is 7.92. The molecule has 3 nitrogen and oxygen atoms in total. The molecule has 0 atom stereocenters. The maximum absolute atomic E-state index is 11.4. The highest BCUT2D eigenvalue weighted by molar-refractivity contribution is 8.00. The Morgan fingerprint density at radius 1 is 1.54 bits per heavy atom. The number of nitrogens with one attached hydrogen (secondary N) is 1. The first-order valence-electron chi connectivity index (χ1n) is 4.10. The van der Waals surface area contributed by atoms with E-state index in [-0.39, 0.29) is 16.6 Å². The molecule has 0 aromatic carbocycles. The molecule has 0 saturated carbocycles. The predicted octanol–water partition coefficient (Wildman–Crippen LogP) is 1.89. The van der Waals surface area contributed by atoms with Crippen molar-refractivity contribution in [1.82, 2.24) is 4.98 Å². The van der Waals surface area contributed by atoms with E-state index in [9.17, 15) is 9.90 Å². The van der Waals surface area contributed by atoms with Gasteiger partial charge in [0.1, 0.15) is 10.6 Å². The molecule has 0 radical (unpaired) electrons. The number of aromatic hydroxyl groups is 1. The number of rotatable bonds is 2. The van der Waals surface area contributed by atoms with Gasteiger partial charge in [-0.15, -0.1) is 11.8 Å². The molecule has 0 aliphatic carbocycles. The van der Waals surface area contributed by atoms with Crippen molar-refractivity contribution in [1.29, 1.82) is 0 Å². The smallest absolute Gasteiger partial charge is 0.265 e. The average molecular weight is 199 g/mol. The molecule has 13 heavy (non-hydrogen) atoms. The van der Waals surface area contributed by atoms with Crippen LogP contribution in [0.4, 0.5) is 0 Å². The summed E-state index contributed by atoms with van der Waals surface area (Å²) < 4.78 is 0. The SMILES string of the molecule is Cc1cc(O)c(SC(C)C)c(=O)[nH]1. The van der Waals surface area contributed by atoms with E-state index < -0.39 is 0 Å². The third-order valence-electron chi connectivity index (χ3n) is 1.46. The van der Waals surface area contributed by atoms with Crippen molar-refractivity contribution in [3.8, 4) is 5.75 Å². The van der Waals surface area contributed by atoms with Crippen molar-refractivity contribution in [2.24, 2.45) is 0 Å². The average Bonchev–Trinajstić information content (AvgIpc) is 1.96. The summed E-state index contributed by atoms with van der Waals surface area (Å²) in [6.45, 7) is 5.69. The van der Waals surface area contributed by atoms with Gasteiger partial charge in [0.25, 0.3) is 5.56 Å². The van der Waals surface area contributed by atoms with Gasteiger partial charge in [0, 0.05) is 17.0 Å². The molecule has 1 rings (SSSR count). The molecule has 0 aliphatic rings. The summed E-state index contributed by atoms with van der Waals surface area (Å²) in [4.78, 5) is 14.4. The van der Waals surface area contributed by atoms with Gasteiger partial charge < -0.3 is 10.1 Å². The number of pyridine rings is 1. The molecule has 1 aromatic heterocycles. The Balaban J connectivity index is 3.14. The number of aromatic nitrogens is 1. The van der Waals surface area contributed by atoms with Gasteiger partial charge >= 0.3 is 0 Å². The first-order valence-corrected chi connectivity index (χ1v) is 4.98. The highest BCUT2D eigenvalue weighted by Crippen LogP contribution is 2.27. The van der Waals surface area contributed by atoms with Crippen LogP contribution in [-0.4, -0.2) is 15.3 Å². The van der Waals surface area contributed by atoms with Crippen molar-refractivity contribution < 1.29 is 5.11 Å². The van der Waals surface area contributed by atoms with E-state index in [0.29, 0.717) is 10.6 Å². The van der Waals surface area contributed by atoms with Gasteiger partial charge in [-0.3, -0.25) is 4.79 Å². The largest absolute Gasteiger partial charge is 0.507 e. The maximum atomic E-state index is 11.4. The van der Waals surface area contributed by atoms with Gasteiger partial charge in [0.2, 0.25) is 0 Å². The first kappa shape index (κ1) is 10.2. The number of H-pyrrole nitrogens is 1. The van der Waals surface area contributed by atoms with Crippen LogP contribution in [0.5, 0.6) is 5.75 Å². The fraction of sp³-hybridized carbons (Fsp3) is 0.444. The van der Waals surface area contributed by atoms with Crippen LogP contribution >= 0.6 is 11.8 Å². The molecule has 0 spiro atoms. The number of aryl methyl sites for hydroxylation is 1. The van der Waals surface area contributed by atoms with Gasteiger partial charge in [-0.25, -0.2) is 0 Å². The van der Waals surface area contributed by atoms with Crippen molar-refractivity contribution in [3.63, 3.8) is 0 Å². The monoisotopic (exact) mass is 199 g/mol. The van der Waals surface area contributed by atoms with E-state index in [4.69, 9.17) is 0 Å². The highest BCUT2D eigenvalue weighted by atomic mass is 32.2. The molecule has 0 bridgehead atoms. The first-order chi connectivity index (χ1) is 6.00. The van der Waals surface area contributed by atoms with Gasteiger partial charge in [0.15, 0.2) is 0 Å². The second-order valence-corrected chi connectivity index (χ2v) is 4.75. The van der Waals surface area contributed by atoms with Crippen molar-refractivity contribution in [2.45, 2.75) is 30.9 Å². The predicted molar refractivity (Wildman–Crippen MR) is 54.5 cm³/mol. The van der Waals surface area contributed by atoms with E-state index in [1.807, 2.05) is 13.8 Å². The van der Waals surface area contributed by atoms with Crippen LogP contribution in [0.3, 0.4) is 0 Å². The van der Waals surface area contributed by atoms with Crippen LogP contribution in [0, 0.1) is 6.92 Å². The number of thioether (sulfide) groups is 1. The molecule has 0 amide bonds. The Kier molecular flexibility index (Phi) is 3.03. The number of hydrogen-bond acceptors (Lipinski definition) is 3. The van der Waals surface area contributed by atoms with Crippen LogP contribution in [0.25, 0.3) is 0 Å². The van der Waals surface area contributed by atoms with Crippen LogP contribution in [0.1, 0.15) is 19.5 Å². The van der Waals surface area contributed by atoms with Crippen LogP contribution in [0.2, 0.25) is 0 Å². The Labute approximate surface area is 81.2 Å². The molecule has 0 aliphatic heterocycles. The Bertz CT molecular complexity index is 357. The van der Waals surface area contributed by atoms with Gasteiger partial charge in [-0.05, 0) is 6.92 Å². The quantitative estimate of drug-likeness (QED) is 0.715. The molecule has 1 aromatic rings. The van der Waals surface area contributed by atoms with Gasteiger partial charge in [-0.2, -0.15) is 0 Å². The second-order valence-electron chi connectivity index (χ2n) is 3.16. The minimum absolute atomic E-state index is 0.0694. The van der Waals surface area contributed by atoms with E-state index in [1.165, 1.54) is 11.8 Å². The molecule has 72 valence electrons. The lowest BCUT2D eigenvalue weighted by atomic mass is 10.3. The summed E-state index contributed by atoms with van der Waals surface area (Å²) in [7, 11) is 0. The summed E-state index contributed by atoms with van der Waals surface area (Å²) in [6, 6.07) is 1.56. The Hall–Kier alpha value is -0.900. The summed E-state index contributed by atoms with van der Waals surface area (Å²) in [6.07, 6.45) is 0. The topological polar surface area (TPSA) is 53.1 Å². The lowest BCUT2D eigenvalue weighted by Gasteiger charge is -2.06. The molecule has 4 heteroatoms. The summed E-state index contributed by atoms with van der Waals surface area (Å²) in [5.74, 6) is 0.0694. The van der Waals surface area contributed by atoms with Gasteiger partial charge in [0.05, 0.1) is 0 Å². The van der Waals surface area contributed by atoms with Crippen LogP contribution in [-0.2, 0) is 0 Å². The number of hydrogen-bond donors (Lipinski definition) is 2. The van der Waals surface area contributed by atoms with E-state index in [0.717, 1.165) is 0 Å². The van der Waals surface area contributed by atoms with Crippen LogP contribution in [0.15, 0.2) is 15.8 Å². The number of aromatic amines is 1. The van der Waals surface area contributed by atoms with Gasteiger partial charge in [-0.1, -0.05) is 13.8 Å². The Morgan fingerprint density at radius 3 is 2.62 bits per heavy atom. The zero-order valence-corrected chi connectivity index (χ0v) is 8.73. The Morgan fingerprint density at radius 2 is 2.15 bits per heavy atom.